The molecule has 3 atom stereocenters. The Balaban J connectivity index is 0.899. The van der Waals surface area contributed by atoms with Crippen LogP contribution in [-0.4, -0.2) is 121 Å². The van der Waals surface area contributed by atoms with Gasteiger partial charge in [-0.15, -0.1) is 0 Å². The number of likely N-dealkylation sites (tertiary alicyclic amines) is 1. The van der Waals surface area contributed by atoms with Crippen LogP contribution in [-0.2, 0) is 45.0 Å². The molecule has 16 nitrogen and oxygen atoms in total. The Labute approximate surface area is 372 Å². The predicted octanol–water partition coefficient (Wildman–Crippen LogP) is 3.90. The number of imide groups is 2. The van der Waals surface area contributed by atoms with Gasteiger partial charge in [-0.3, -0.25) is 43.8 Å². The molecule has 2 aromatic carbocycles. The van der Waals surface area contributed by atoms with Crippen molar-refractivity contribution < 1.29 is 51.5 Å². The van der Waals surface area contributed by atoms with Crippen LogP contribution >= 0.6 is 0 Å². The molecule has 17 heteroatoms. The second kappa shape index (κ2) is 18.9. The third-order valence-electron chi connectivity index (χ3n) is 12.6. The highest BCUT2D eigenvalue weighted by Crippen LogP contribution is 2.38. The lowest BCUT2D eigenvalue weighted by atomic mass is 9.88. The Bertz CT molecular complexity index is 2530. The Morgan fingerprint density at radius 2 is 1.69 bits per heavy atom. The predicted molar refractivity (Wildman–Crippen MR) is 234 cm³/mol. The van der Waals surface area contributed by atoms with E-state index in [0.717, 1.165) is 22.3 Å². The van der Waals surface area contributed by atoms with Crippen molar-refractivity contribution >= 4 is 56.9 Å². The van der Waals surface area contributed by atoms with E-state index >= 15 is 0 Å². The van der Waals surface area contributed by atoms with Crippen LogP contribution in [0.3, 0.4) is 0 Å². The van der Waals surface area contributed by atoms with E-state index in [-0.39, 0.29) is 72.7 Å². The molecule has 7 rings (SSSR count). The largest absolute Gasteiger partial charge is 0.495 e. The number of nitrogens with one attached hydrogen (secondary N) is 2. The first kappa shape index (κ1) is 45.9. The molecule has 0 radical (unpaired) electrons. The van der Waals surface area contributed by atoms with Gasteiger partial charge in [-0.05, 0) is 87.4 Å². The number of amides is 7. The van der Waals surface area contributed by atoms with Crippen molar-refractivity contribution in [3.63, 3.8) is 0 Å². The summed E-state index contributed by atoms with van der Waals surface area (Å²) in [4.78, 5) is 95.8. The van der Waals surface area contributed by atoms with Crippen LogP contribution in [0.2, 0.25) is 0 Å². The molecule has 2 unspecified atom stereocenters. The third kappa shape index (κ3) is 9.68. The molecule has 338 valence electrons. The molecule has 0 spiro atoms. The second-order valence-corrected chi connectivity index (χ2v) is 19.2. The normalized spacial score (nSPS) is 21.7. The van der Waals surface area contributed by atoms with Gasteiger partial charge in [-0.2, -0.15) is 0 Å². The van der Waals surface area contributed by atoms with Gasteiger partial charge in [0.25, 0.3) is 17.7 Å². The summed E-state index contributed by atoms with van der Waals surface area (Å²) in [7, 11) is -2.17. The summed E-state index contributed by atoms with van der Waals surface area (Å²) in [6, 6.07) is 8.04. The summed E-state index contributed by atoms with van der Waals surface area (Å²) in [5.41, 5.74) is 1.76. The zero-order chi connectivity index (χ0) is 45.9. The molecule has 4 aliphatic heterocycles. The number of nitrogens with zero attached hydrogens (tertiary/aromatic N) is 3. The monoisotopic (exact) mass is 895 g/mol. The molecule has 4 heterocycles. The summed E-state index contributed by atoms with van der Waals surface area (Å²) in [6.07, 6.45) is 7.74. The van der Waals surface area contributed by atoms with E-state index < -0.39 is 56.9 Å². The fourth-order valence-corrected chi connectivity index (χ4v) is 9.84. The van der Waals surface area contributed by atoms with Gasteiger partial charge in [0.05, 0.1) is 35.2 Å². The molecule has 2 saturated heterocycles. The zero-order valence-corrected chi connectivity index (χ0v) is 37.3. The van der Waals surface area contributed by atoms with Crippen molar-refractivity contribution in [2.45, 2.75) is 95.9 Å². The topological polar surface area (TPSA) is 206 Å². The average molecular weight is 896 g/mol. The van der Waals surface area contributed by atoms with E-state index in [1.807, 2.05) is 13.0 Å². The number of unbranched alkanes of at least 4 members (excludes halogenated alkanes) is 1. The first-order valence-corrected chi connectivity index (χ1v) is 23.7. The van der Waals surface area contributed by atoms with E-state index in [9.17, 15) is 42.0 Å². The Morgan fingerprint density at radius 1 is 0.969 bits per heavy atom. The highest BCUT2D eigenvalue weighted by atomic mass is 32.2. The standard InChI is InChI=1S/C47H53N5O11S/c1-5-63-38-26-31(20-23-47(38,2)62-3)37(28-64(4,60)61)52-45(58)33-12-9-13-35(42(33)46(52)59)48-39(53)14-6-7-15-41(55)50-24-21-29(22-25-50)16-17-30-10-8-11-32-34(30)27-51(44(32)57)36-18-19-40(54)49-43(36)56/h8-13,20,26,29,36-37H,5-7,14-15,18-19,21-25,27-28H2,1-4H3,(H,48,53)(H,49,54,56)/t36?,37-,47?/m1/s1. The molecule has 5 aliphatic rings. The lowest BCUT2D eigenvalue weighted by Gasteiger charge is -2.35. The van der Waals surface area contributed by atoms with Gasteiger partial charge in [0.1, 0.15) is 27.2 Å². The van der Waals surface area contributed by atoms with E-state index in [2.05, 4.69) is 22.5 Å². The van der Waals surface area contributed by atoms with Gasteiger partial charge >= 0.3 is 0 Å². The van der Waals surface area contributed by atoms with Crippen LogP contribution < -0.4 is 10.6 Å². The van der Waals surface area contributed by atoms with Crippen molar-refractivity contribution in [1.29, 1.82) is 0 Å². The van der Waals surface area contributed by atoms with Crippen molar-refractivity contribution in [2.24, 2.45) is 5.92 Å². The first-order chi connectivity index (χ1) is 30.5. The number of sulfone groups is 1. The van der Waals surface area contributed by atoms with Crippen molar-refractivity contribution in [3.8, 4) is 11.8 Å². The van der Waals surface area contributed by atoms with E-state index in [1.54, 1.807) is 42.2 Å². The summed E-state index contributed by atoms with van der Waals surface area (Å²) >= 11 is 0. The van der Waals surface area contributed by atoms with Gasteiger partial charge < -0.3 is 24.6 Å². The molecule has 2 aromatic rings. The lowest BCUT2D eigenvalue weighted by molar-refractivity contribution is -0.137. The summed E-state index contributed by atoms with van der Waals surface area (Å²) < 4.78 is 36.9. The number of carbonyl (C=O) groups is 7. The van der Waals surface area contributed by atoms with Crippen molar-refractivity contribution in [3.05, 3.63) is 87.7 Å². The SMILES string of the molecule is CCOC1=CC([C@@H](CS(C)(=O)=O)N2C(=O)c3cccc(NC(=O)CCCCC(=O)N4CCC(C#Cc5cccc6c5CN(C5CCC(=O)NC5=O)C6=O)CC4)c3C2=O)=CCC1(C)OC. The maximum atomic E-state index is 14.1. The van der Waals surface area contributed by atoms with E-state index in [4.69, 9.17) is 9.47 Å². The molecular formula is C47H53N5O11S. The highest BCUT2D eigenvalue weighted by molar-refractivity contribution is 7.90. The fourth-order valence-electron chi connectivity index (χ4n) is 8.93. The molecule has 1 aliphatic carbocycles. The van der Waals surface area contributed by atoms with E-state index in [1.165, 1.54) is 24.1 Å². The first-order valence-electron chi connectivity index (χ1n) is 21.7. The van der Waals surface area contributed by atoms with Gasteiger partial charge in [0.15, 0.2) is 0 Å². The molecule has 64 heavy (non-hydrogen) atoms. The number of ether oxygens (including phenoxy) is 2. The van der Waals surface area contributed by atoms with Crippen LogP contribution in [0, 0.1) is 17.8 Å². The van der Waals surface area contributed by atoms with Crippen LogP contribution in [0.5, 0.6) is 0 Å². The van der Waals surface area contributed by atoms with Gasteiger partial charge in [0.2, 0.25) is 23.6 Å². The molecule has 0 saturated carbocycles. The summed E-state index contributed by atoms with van der Waals surface area (Å²) in [5, 5.41) is 5.09. The second-order valence-electron chi connectivity index (χ2n) is 17.0. The van der Waals surface area contributed by atoms with Gasteiger partial charge in [-0.1, -0.05) is 30.0 Å². The summed E-state index contributed by atoms with van der Waals surface area (Å²) in [5.74, 6) is 3.68. The molecule has 0 aromatic heterocycles. The minimum atomic E-state index is -3.70. The summed E-state index contributed by atoms with van der Waals surface area (Å²) in [6.45, 7) is 5.27. The Hall–Kier alpha value is -6.12. The van der Waals surface area contributed by atoms with Crippen molar-refractivity contribution in [1.82, 2.24) is 20.0 Å². The number of hydrogen-bond acceptors (Lipinski definition) is 11. The highest BCUT2D eigenvalue weighted by Gasteiger charge is 2.45. The van der Waals surface area contributed by atoms with Gasteiger partial charge in [0, 0.05) is 75.7 Å². The maximum Gasteiger partial charge on any atom is 0.264 e. The Kier molecular flexibility index (Phi) is 13.6. The quantitative estimate of drug-likeness (QED) is 0.158. The third-order valence-corrected chi connectivity index (χ3v) is 13.5. The maximum absolute atomic E-state index is 14.1. The minimum absolute atomic E-state index is 0.0170. The van der Waals surface area contributed by atoms with E-state index in [0.29, 0.717) is 68.7 Å². The van der Waals surface area contributed by atoms with Crippen LogP contribution in [0.4, 0.5) is 5.69 Å². The number of anilines is 1. The molecule has 7 amide bonds. The number of carbonyl (C=O) groups excluding carboxylic acids is 7. The molecular weight excluding hydrogens is 843 g/mol. The molecule has 2 N–H and O–H groups in total. The number of piperidine rings is 2. The zero-order valence-electron chi connectivity index (χ0n) is 36.5. The molecule has 0 bridgehead atoms. The van der Waals surface area contributed by atoms with Crippen LogP contribution in [0.25, 0.3) is 0 Å². The fraction of sp³-hybridized carbons (Fsp3) is 0.468. The number of benzene rings is 2. The van der Waals surface area contributed by atoms with Gasteiger partial charge in [-0.25, -0.2) is 8.42 Å². The van der Waals surface area contributed by atoms with Crippen molar-refractivity contribution in [2.75, 3.05) is 44.1 Å². The smallest absolute Gasteiger partial charge is 0.264 e. The minimum Gasteiger partial charge on any atom is -0.495 e. The van der Waals surface area contributed by atoms with Crippen LogP contribution in [0.15, 0.2) is 59.9 Å². The molecule has 2 fully saturated rings. The Morgan fingerprint density at radius 3 is 2.39 bits per heavy atom. The number of methoxy groups -OCH3 is 1. The number of rotatable bonds is 14. The number of hydrogen-bond donors (Lipinski definition) is 2. The van der Waals surface area contributed by atoms with Crippen LogP contribution in [0.1, 0.15) is 114 Å². The lowest BCUT2D eigenvalue weighted by Crippen LogP contribution is -2.52. The average Bonchev–Trinajstić information content (AvgIpc) is 3.73. The number of fused-ring (bicyclic) bond motifs is 2.